The SMILES string of the molecule is CN1CCN(C(=O)C2=NN(C3CCS(=O)(=O)C3)C(=O)CC2)Cc2ccccc21. The van der Waals surface area contributed by atoms with E-state index in [1.54, 1.807) is 4.90 Å². The first kappa shape index (κ1) is 18.9. The number of hydrogen-bond donors (Lipinski definition) is 0. The third-order valence-electron chi connectivity index (χ3n) is 5.62. The van der Waals surface area contributed by atoms with Gasteiger partial charge in [0.15, 0.2) is 9.84 Å². The first-order valence-electron chi connectivity index (χ1n) is 9.52. The van der Waals surface area contributed by atoms with Gasteiger partial charge < -0.3 is 9.80 Å². The van der Waals surface area contributed by atoms with Gasteiger partial charge in [0, 0.05) is 45.2 Å². The zero-order valence-electron chi connectivity index (χ0n) is 15.9. The topological polar surface area (TPSA) is 90.4 Å². The molecule has 0 saturated carbocycles. The van der Waals surface area contributed by atoms with E-state index in [1.165, 1.54) is 5.01 Å². The van der Waals surface area contributed by atoms with Crippen molar-refractivity contribution in [1.29, 1.82) is 0 Å². The van der Waals surface area contributed by atoms with Gasteiger partial charge in [0.1, 0.15) is 5.71 Å². The van der Waals surface area contributed by atoms with Crippen LogP contribution in [0.4, 0.5) is 5.69 Å². The summed E-state index contributed by atoms with van der Waals surface area (Å²) in [7, 11) is -1.13. The minimum atomic E-state index is -3.13. The summed E-state index contributed by atoms with van der Waals surface area (Å²) in [6.07, 6.45) is 0.855. The normalized spacial score (nSPS) is 24.6. The second-order valence-corrected chi connectivity index (χ2v) is 9.85. The summed E-state index contributed by atoms with van der Waals surface area (Å²) in [4.78, 5) is 29.3. The van der Waals surface area contributed by atoms with Gasteiger partial charge in [-0.3, -0.25) is 9.59 Å². The number of fused-ring (bicyclic) bond motifs is 1. The van der Waals surface area contributed by atoms with Crippen molar-refractivity contribution in [2.24, 2.45) is 5.10 Å². The fraction of sp³-hybridized carbons (Fsp3) is 0.526. The van der Waals surface area contributed by atoms with Crippen molar-refractivity contribution >= 4 is 33.1 Å². The summed E-state index contributed by atoms with van der Waals surface area (Å²) in [6, 6.07) is 7.54. The highest BCUT2D eigenvalue weighted by Gasteiger charge is 2.38. The van der Waals surface area contributed by atoms with Gasteiger partial charge >= 0.3 is 0 Å². The molecule has 0 radical (unpaired) electrons. The van der Waals surface area contributed by atoms with Crippen molar-refractivity contribution in [3.05, 3.63) is 29.8 Å². The molecule has 1 aromatic rings. The lowest BCUT2D eigenvalue weighted by atomic mass is 10.1. The summed E-state index contributed by atoms with van der Waals surface area (Å²) in [6.45, 7) is 1.76. The first-order chi connectivity index (χ1) is 13.3. The van der Waals surface area contributed by atoms with Crippen LogP contribution >= 0.6 is 0 Å². The van der Waals surface area contributed by atoms with Crippen molar-refractivity contribution < 1.29 is 18.0 Å². The average Bonchev–Trinajstić information content (AvgIpc) is 2.95. The first-order valence-corrected chi connectivity index (χ1v) is 11.3. The molecule has 3 heterocycles. The number of carbonyl (C=O) groups is 2. The maximum absolute atomic E-state index is 13.1. The van der Waals surface area contributed by atoms with Crippen molar-refractivity contribution in [1.82, 2.24) is 9.91 Å². The summed E-state index contributed by atoms with van der Waals surface area (Å²) in [5, 5.41) is 5.57. The van der Waals surface area contributed by atoms with Crippen LogP contribution in [0.3, 0.4) is 0 Å². The maximum atomic E-state index is 13.1. The highest BCUT2D eigenvalue weighted by atomic mass is 32.2. The molecule has 0 bridgehead atoms. The molecule has 0 spiro atoms. The summed E-state index contributed by atoms with van der Waals surface area (Å²) >= 11 is 0. The molecule has 3 aliphatic heterocycles. The lowest BCUT2D eigenvalue weighted by Crippen LogP contribution is -2.45. The minimum absolute atomic E-state index is 0.0650. The number of nitrogens with zero attached hydrogens (tertiary/aromatic N) is 4. The van der Waals surface area contributed by atoms with E-state index in [4.69, 9.17) is 0 Å². The predicted octanol–water partition coefficient (Wildman–Crippen LogP) is 0.631. The Balaban J connectivity index is 1.56. The Morgan fingerprint density at radius 2 is 1.96 bits per heavy atom. The second kappa shape index (κ2) is 7.20. The highest BCUT2D eigenvalue weighted by molar-refractivity contribution is 7.91. The molecule has 1 saturated heterocycles. The molecule has 0 aliphatic carbocycles. The van der Waals surface area contributed by atoms with E-state index in [2.05, 4.69) is 10.0 Å². The van der Waals surface area contributed by atoms with Gasteiger partial charge in [-0.2, -0.15) is 5.10 Å². The van der Waals surface area contributed by atoms with Gasteiger partial charge in [-0.05, 0) is 18.1 Å². The van der Waals surface area contributed by atoms with E-state index >= 15 is 0 Å². The Labute approximate surface area is 164 Å². The van der Waals surface area contributed by atoms with E-state index < -0.39 is 15.9 Å². The van der Waals surface area contributed by atoms with Crippen molar-refractivity contribution in [2.45, 2.75) is 31.8 Å². The molecule has 9 heteroatoms. The minimum Gasteiger partial charge on any atom is -0.373 e. The number of anilines is 1. The standard InChI is InChI=1S/C19H24N4O4S/c1-21-9-10-22(12-14-4-2-3-5-17(14)21)19(25)16-6-7-18(24)23(20-16)15-8-11-28(26,27)13-15/h2-5,15H,6-13H2,1H3. The maximum Gasteiger partial charge on any atom is 0.270 e. The Kier molecular flexibility index (Phi) is 4.86. The molecule has 0 aromatic heterocycles. The fourth-order valence-electron chi connectivity index (χ4n) is 4.03. The van der Waals surface area contributed by atoms with Crippen molar-refractivity contribution in [3.8, 4) is 0 Å². The Morgan fingerprint density at radius 1 is 1.18 bits per heavy atom. The van der Waals surface area contributed by atoms with Crippen LogP contribution < -0.4 is 4.90 Å². The molecule has 2 amide bonds. The zero-order valence-corrected chi connectivity index (χ0v) is 16.7. The van der Waals surface area contributed by atoms with E-state index in [0.717, 1.165) is 11.3 Å². The van der Waals surface area contributed by atoms with Crippen LogP contribution in [0.1, 0.15) is 24.8 Å². The van der Waals surface area contributed by atoms with Crippen LogP contribution in [0, 0.1) is 0 Å². The van der Waals surface area contributed by atoms with E-state index in [9.17, 15) is 18.0 Å². The second-order valence-electron chi connectivity index (χ2n) is 7.62. The van der Waals surface area contributed by atoms with Crippen molar-refractivity contribution in [2.75, 3.05) is 36.5 Å². The third-order valence-corrected chi connectivity index (χ3v) is 7.37. The number of carbonyl (C=O) groups excluding carboxylic acids is 2. The number of para-hydroxylation sites is 1. The summed E-state index contributed by atoms with van der Waals surface area (Å²) < 4.78 is 23.5. The number of hydrogen-bond acceptors (Lipinski definition) is 6. The van der Waals surface area contributed by atoms with Gasteiger partial charge in [0.2, 0.25) is 5.91 Å². The summed E-state index contributed by atoms with van der Waals surface area (Å²) in [5.74, 6) is -0.399. The van der Waals surface area contributed by atoms with Crippen LogP contribution in [0.25, 0.3) is 0 Å². The fourth-order valence-corrected chi connectivity index (χ4v) is 5.72. The Hall–Kier alpha value is -2.42. The largest absolute Gasteiger partial charge is 0.373 e. The van der Waals surface area contributed by atoms with Crippen LogP contribution in [-0.2, 0) is 26.0 Å². The molecule has 4 rings (SSSR count). The monoisotopic (exact) mass is 404 g/mol. The number of rotatable bonds is 2. The zero-order chi connectivity index (χ0) is 19.9. The molecular weight excluding hydrogens is 380 g/mol. The molecule has 1 fully saturated rings. The van der Waals surface area contributed by atoms with E-state index in [0.29, 0.717) is 38.2 Å². The predicted molar refractivity (Wildman–Crippen MR) is 106 cm³/mol. The molecule has 0 N–H and O–H groups in total. The summed E-state index contributed by atoms with van der Waals surface area (Å²) in [5.41, 5.74) is 2.52. The van der Waals surface area contributed by atoms with Gasteiger partial charge in [-0.1, -0.05) is 18.2 Å². The van der Waals surface area contributed by atoms with Gasteiger partial charge in [0.25, 0.3) is 5.91 Å². The van der Waals surface area contributed by atoms with Gasteiger partial charge in [-0.15, -0.1) is 0 Å². The molecule has 1 aromatic carbocycles. The van der Waals surface area contributed by atoms with Gasteiger partial charge in [0.05, 0.1) is 17.5 Å². The van der Waals surface area contributed by atoms with Crippen LogP contribution in [0.15, 0.2) is 29.4 Å². The lowest BCUT2D eigenvalue weighted by Gasteiger charge is -2.29. The Bertz CT molecular complexity index is 943. The van der Waals surface area contributed by atoms with Crippen molar-refractivity contribution in [3.63, 3.8) is 0 Å². The number of benzene rings is 1. The molecule has 1 atom stereocenters. The number of sulfone groups is 1. The van der Waals surface area contributed by atoms with E-state index in [1.807, 2.05) is 31.3 Å². The van der Waals surface area contributed by atoms with Gasteiger partial charge in [-0.25, -0.2) is 13.4 Å². The highest BCUT2D eigenvalue weighted by Crippen LogP contribution is 2.26. The van der Waals surface area contributed by atoms with Crippen LogP contribution in [0.5, 0.6) is 0 Å². The quantitative estimate of drug-likeness (QED) is 0.721. The van der Waals surface area contributed by atoms with Crippen LogP contribution in [-0.4, -0.2) is 73.5 Å². The number of amides is 2. The average molecular weight is 404 g/mol. The Morgan fingerprint density at radius 3 is 2.71 bits per heavy atom. The molecule has 150 valence electrons. The van der Waals surface area contributed by atoms with E-state index in [-0.39, 0.29) is 29.7 Å². The number of likely N-dealkylation sites (N-methyl/N-ethyl adjacent to an activating group) is 1. The molecule has 28 heavy (non-hydrogen) atoms. The molecule has 3 aliphatic rings. The lowest BCUT2D eigenvalue weighted by molar-refractivity contribution is -0.134. The number of hydrazone groups is 1. The molecule has 8 nitrogen and oxygen atoms in total. The smallest absolute Gasteiger partial charge is 0.270 e. The third kappa shape index (κ3) is 3.63. The molecular formula is C19H24N4O4S. The van der Waals surface area contributed by atoms with Crippen LogP contribution in [0.2, 0.25) is 0 Å². The molecule has 1 unspecified atom stereocenters.